The lowest BCUT2D eigenvalue weighted by Crippen LogP contribution is -2.44. The fourth-order valence-corrected chi connectivity index (χ4v) is 3.58. The molecule has 0 N–H and O–H groups in total. The minimum Gasteiger partial charge on any atom is -0.306 e. The number of allylic oxidation sites excluding steroid dienone is 1. The lowest BCUT2D eigenvalue weighted by atomic mass is 10.0. The molecule has 0 amide bonds. The quantitative estimate of drug-likeness (QED) is 0.480. The van der Waals surface area contributed by atoms with Crippen LogP contribution in [0.3, 0.4) is 0 Å². The highest BCUT2D eigenvalue weighted by Gasteiger charge is 2.16. The third-order valence-corrected chi connectivity index (χ3v) is 5.40. The van der Waals surface area contributed by atoms with E-state index < -0.39 is 0 Å². The molecule has 0 spiro atoms. The van der Waals surface area contributed by atoms with Gasteiger partial charge >= 0.3 is 0 Å². The number of nitrogens with zero attached hydrogens (tertiary/aromatic N) is 4. The van der Waals surface area contributed by atoms with Crippen molar-refractivity contribution in [3.05, 3.63) is 90.0 Å². The van der Waals surface area contributed by atoms with E-state index in [1.165, 1.54) is 0 Å². The van der Waals surface area contributed by atoms with Crippen LogP contribution in [0.25, 0.3) is 11.8 Å². The summed E-state index contributed by atoms with van der Waals surface area (Å²) in [5.74, 6) is 0.0495. The van der Waals surface area contributed by atoms with E-state index in [1.54, 1.807) is 18.6 Å². The van der Waals surface area contributed by atoms with E-state index in [1.807, 2.05) is 59.3 Å². The summed E-state index contributed by atoms with van der Waals surface area (Å²) < 4.78 is 1.95. The smallest absolute Gasteiger partial charge is 0.186 e. The number of likely N-dealkylation sites (N-methyl/N-ethyl adjacent to an activating group) is 1. The van der Waals surface area contributed by atoms with E-state index in [0.717, 1.165) is 55.1 Å². The highest BCUT2D eigenvalue weighted by atomic mass is 16.1. The molecule has 3 aromatic rings. The van der Waals surface area contributed by atoms with Crippen molar-refractivity contribution < 1.29 is 4.79 Å². The highest BCUT2D eigenvalue weighted by Crippen LogP contribution is 2.16. The largest absolute Gasteiger partial charge is 0.306 e. The van der Waals surface area contributed by atoms with Crippen molar-refractivity contribution in [3.63, 3.8) is 0 Å². The van der Waals surface area contributed by atoms with E-state index in [4.69, 9.17) is 0 Å². The summed E-state index contributed by atoms with van der Waals surface area (Å²) in [5, 5.41) is 0. The Balaban J connectivity index is 1.44. The molecule has 1 aliphatic heterocycles. The van der Waals surface area contributed by atoms with Gasteiger partial charge in [-0.3, -0.25) is 9.69 Å². The van der Waals surface area contributed by atoms with Crippen LogP contribution in [-0.2, 0) is 6.54 Å². The Bertz CT molecular complexity index is 968. The van der Waals surface area contributed by atoms with Gasteiger partial charge in [-0.05, 0) is 36.4 Å². The van der Waals surface area contributed by atoms with E-state index in [2.05, 4.69) is 27.9 Å². The van der Waals surface area contributed by atoms with Gasteiger partial charge in [0.1, 0.15) is 0 Å². The van der Waals surface area contributed by atoms with Crippen LogP contribution in [0.2, 0.25) is 0 Å². The normalized spacial score (nSPS) is 15.8. The summed E-state index contributed by atoms with van der Waals surface area (Å²) in [7, 11) is 2.15. The molecule has 2 heterocycles. The summed E-state index contributed by atoms with van der Waals surface area (Å²) in [5.41, 5.74) is 3.93. The predicted molar refractivity (Wildman–Crippen MR) is 116 cm³/mol. The number of aromatic nitrogens is 2. The average Bonchev–Trinajstić information content (AvgIpc) is 3.29. The molecule has 5 heteroatoms. The Morgan fingerprint density at radius 3 is 2.52 bits per heavy atom. The van der Waals surface area contributed by atoms with Crippen molar-refractivity contribution in [2.24, 2.45) is 0 Å². The van der Waals surface area contributed by atoms with E-state index in [-0.39, 0.29) is 5.78 Å². The molecular formula is C24H26N4O. The van der Waals surface area contributed by atoms with E-state index in [0.29, 0.717) is 0 Å². The van der Waals surface area contributed by atoms with Crippen LogP contribution in [0.15, 0.2) is 73.3 Å². The van der Waals surface area contributed by atoms with Gasteiger partial charge in [0, 0.05) is 56.4 Å². The zero-order valence-electron chi connectivity index (χ0n) is 16.7. The first-order valence-electron chi connectivity index (χ1n) is 9.99. The molecule has 5 nitrogen and oxygen atoms in total. The van der Waals surface area contributed by atoms with Crippen LogP contribution in [0, 0.1) is 0 Å². The molecule has 0 unspecified atom stereocenters. The molecule has 1 saturated heterocycles. The number of ketones is 1. The number of rotatable bonds is 6. The molecule has 0 radical (unpaired) electrons. The lowest BCUT2D eigenvalue weighted by Gasteiger charge is -2.32. The summed E-state index contributed by atoms with van der Waals surface area (Å²) in [6, 6.07) is 16.0. The summed E-state index contributed by atoms with van der Waals surface area (Å²) in [6.07, 6.45) is 8.99. The first-order chi connectivity index (χ1) is 14.2. The van der Waals surface area contributed by atoms with Crippen LogP contribution >= 0.6 is 0 Å². The highest BCUT2D eigenvalue weighted by molar-refractivity contribution is 6.07. The fourth-order valence-electron chi connectivity index (χ4n) is 3.58. The van der Waals surface area contributed by atoms with Gasteiger partial charge in [0.15, 0.2) is 5.78 Å². The van der Waals surface area contributed by atoms with E-state index >= 15 is 0 Å². The number of carbonyl (C=O) groups excluding carboxylic acids is 1. The van der Waals surface area contributed by atoms with Gasteiger partial charge in [0.2, 0.25) is 0 Å². The second kappa shape index (κ2) is 8.99. The van der Waals surface area contributed by atoms with Gasteiger partial charge < -0.3 is 9.47 Å². The zero-order chi connectivity index (χ0) is 20.1. The minimum absolute atomic E-state index is 0.0495. The van der Waals surface area contributed by atoms with Gasteiger partial charge in [0.05, 0.1) is 6.33 Å². The Morgan fingerprint density at radius 1 is 1.03 bits per heavy atom. The van der Waals surface area contributed by atoms with Crippen molar-refractivity contribution in [3.8, 4) is 5.69 Å². The van der Waals surface area contributed by atoms with Gasteiger partial charge in [-0.2, -0.15) is 0 Å². The Hall–Kier alpha value is -3.02. The second-order valence-electron chi connectivity index (χ2n) is 7.50. The maximum Gasteiger partial charge on any atom is 0.186 e. The second-order valence-corrected chi connectivity index (χ2v) is 7.50. The maximum absolute atomic E-state index is 12.9. The number of benzene rings is 2. The van der Waals surface area contributed by atoms with Gasteiger partial charge in [-0.15, -0.1) is 0 Å². The molecule has 0 aliphatic carbocycles. The van der Waals surface area contributed by atoms with Crippen LogP contribution in [-0.4, -0.2) is 58.4 Å². The van der Waals surface area contributed by atoms with Gasteiger partial charge in [0.25, 0.3) is 0 Å². The lowest BCUT2D eigenvalue weighted by molar-refractivity contribution is 0.104. The summed E-state index contributed by atoms with van der Waals surface area (Å²) in [4.78, 5) is 21.7. The van der Waals surface area contributed by atoms with Crippen molar-refractivity contribution in [2.75, 3.05) is 33.2 Å². The Labute approximate surface area is 171 Å². The fraction of sp³-hybridized carbons (Fsp3) is 0.250. The molecule has 1 aromatic heterocycles. The molecule has 1 aliphatic rings. The number of carbonyl (C=O) groups is 1. The van der Waals surface area contributed by atoms with Crippen LogP contribution in [0.1, 0.15) is 21.5 Å². The number of piperazine rings is 1. The standard InChI is InChI=1S/C24H26N4O/c1-26-14-16-27(17-15-26)18-21-4-2-3-5-23(21)24(29)11-8-20-6-9-22(10-7-20)28-13-12-25-19-28/h2-13,19H,14-18H2,1H3. The van der Waals surface area contributed by atoms with Crippen molar-refractivity contribution >= 4 is 11.9 Å². The Morgan fingerprint density at radius 2 is 1.79 bits per heavy atom. The topological polar surface area (TPSA) is 41.4 Å². The first kappa shape index (κ1) is 19.3. The van der Waals surface area contributed by atoms with Crippen LogP contribution in [0.5, 0.6) is 0 Å². The molecule has 2 aromatic carbocycles. The number of imidazole rings is 1. The number of hydrogen-bond donors (Lipinski definition) is 0. The average molecular weight is 386 g/mol. The van der Waals surface area contributed by atoms with E-state index in [9.17, 15) is 4.79 Å². The molecule has 0 bridgehead atoms. The van der Waals surface area contributed by atoms with Crippen LogP contribution < -0.4 is 0 Å². The molecular weight excluding hydrogens is 360 g/mol. The zero-order valence-corrected chi connectivity index (χ0v) is 16.7. The van der Waals surface area contributed by atoms with Crippen molar-refractivity contribution in [2.45, 2.75) is 6.54 Å². The maximum atomic E-state index is 12.9. The van der Waals surface area contributed by atoms with Crippen molar-refractivity contribution in [1.29, 1.82) is 0 Å². The predicted octanol–water partition coefficient (Wildman–Crippen LogP) is 3.52. The molecule has 0 saturated carbocycles. The molecule has 4 rings (SSSR count). The third-order valence-electron chi connectivity index (χ3n) is 5.40. The molecule has 0 atom stereocenters. The molecule has 29 heavy (non-hydrogen) atoms. The molecule has 148 valence electrons. The summed E-state index contributed by atoms with van der Waals surface area (Å²) >= 11 is 0. The third kappa shape index (κ3) is 4.88. The van der Waals surface area contributed by atoms with Crippen molar-refractivity contribution in [1.82, 2.24) is 19.4 Å². The Kier molecular flexibility index (Phi) is 5.98. The van der Waals surface area contributed by atoms with Gasteiger partial charge in [-0.25, -0.2) is 4.98 Å². The van der Waals surface area contributed by atoms with Gasteiger partial charge in [-0.1, -0.05) is 42.5 Å². The monoisotopic (exact) mass is 386 g/mol. The first-order valence-corrected chi connectivity index (χ1v) is 9.99. The molecule has 1 fully saturated rings. The summed E-state index contributed by atoms with van der Waals surface area (Å²) in [6.45, 7) is 5.05. The number of hydrogen-bond acceptors (Lipinski definition) is 4. The minimum atomic E-state index is 0.0495. The van der Waals surface area contributed by atoms with Crippen LogP contribution in [0.4, 0.5) is 0 Å². The SMILES string of the molecule is CN1CCN(Cc2ccccc2C(=O)C=Cc2ccc(-n3ccnc3)cc2)CC1.